The molecule has 1 aromatic rings. The number of benzene rings is 1. The van der Waals surface area contributed by atoms with Crippen molar-refractivity contribution in [3.8, 4) is 0 Å². The van der Waals surface area contributed by atoms with Crippen LogP contribution >= 0.6 is 11.6 Å². The number of anilines is 1. The zero-order valence-corrected chi connectivity index (χ0v) is 13.3. The summed E-state index contributed by atoms with van der Waals surface area (Å²) in [6.07, 6.45) is 0.210. The van der Waals surface area contributed by atoms with Crippen LogP contribution in [0.3, 0.4) is 0 Å². The van der Waals surface area contributed by atoms with Gasteiger partial charge in [0.15, 0.2) is 0 Å². The van der Waals surface area contributed by atoms with E-state index in [-0.39, 0.29) is 37.4 Å². The number of nitrogens with zero attached hydrogens (tertiary/aromatic N) is 2. The number of hydrogen-bond donors (Lipinski definition) is 1. The van der Waals surface area contributed by atoms with Crippen molar-refractivity contribution in [2.24, 2.45) is 0 Å². The summed E-state index contributed by atoms with van der Waals surface area (Å²) in [5.41, 5.74) is 0.720. The molecule has 0 saturated carbocycles. The van der Waals surface area contributed by atoms with Crippen LogP contribution in [0.2, 0.25) is 5.02 Å². The second-order valence-electron chi connectivity index (χ2n) is 5.36. The summed E-state index contributed by atoms with van der Waals surface area (Å²) >= 11 is 5.87. The molecule has 1 N–H and O–H groups in total. The van der Waals surface area contributed by atoms with E-state index < -0.39 is 6.03 Å². The minimum absolute atomic E-state index is 0.0665. The molecule has 0 bridgehead atoms. The summed E-state index contributed by atoms with van der Waals surface area (Å²) in [6.45, 7) is 3.97. The van der Waals surface area contributed by atoms with Crippen LogP contribution < -0.4 is 10.2 Å². The lowest BCUT2D eigenvalue weighted by atomic mass is 10.2. The van der Waals surface area contributed by atoms with Crippen molar-refractivity contribution < 1.29 is 14.4 Å². The van der Waals surface area contributed by atoms with Gasteiger partial charge in [-0.2, -0.15) is 0 Å². The third-order valence-corrected chi connectivity index (χ3v) is 3.61. The van der Waals surface area contributed by atoms with Gasteiger partial charge in [-0.1, -0.05) is 11.6 Å². The van der Waals surface area contributed by atoms with Crippen molar-refractivity contribution in [2.75, 3.05) is 18.0 Å². The molecule has 118 valence electrons. The smallest absolute Gasteiger partial charge is 0.315 e. The Labute approximate surface area is 134 Å². The van der Waals surface area contributed by atoms with Crippen LogP contribution in [-0.2, 0) is 9.59 Å². The Morgan fingerprint density at radius 3 is 2.50 bits per heavy atom. The molecule has 0 radical (unpaired) electrons. The highest BCUT2D eigenvalue weighted by atomic mass is 35.5. The van der Waals surface area contributed by atoms with Gasteiger partial charge in [-0.3, -0.25) is 14.9 Å². The first kappa shape index (κ1) is 16.3. The van der Waals surface area contributed by atoms with E-state index in [9.17, 15) is 14.4 Å². The SMILES string of the molecule is CC(C)N(C(=O)CN1CCC(=O)NC1=O)c1ccc(Cl)cc1. The molecule has 0 aromatic heterocycles. The van der Waals surface area contributed by atoms with Crippen LogP contribution in [0.1, 0.15) is 20.3 Å². The first-order valence-corrected chi connectivity index (χ1v) is 7.42. The minimum Gasteiger partial charge on any atom is -0.315 e. The largest absolute Gasteiger partial charge is 0.324 e. The van der Waals surface area contributed by atoms with E-state index in [1.807, 2.05) is 13.8 Å². The van der Waals surface area contributed by atoms with E-state index >= 15 is 0 Å². The second kappa shape index (κ2) is 6.79. The minimum atomic E-state index is -0.524. The first-order chi connectivity index (χ1) is 10.4. The average Bonchev–Trinajstić information content (AvgIpc) is 2.44. The summed E-state index contributed by atoms with van der Waals surface area (Å²) in [6, 6.07) is 6.37. The molecule has 1 aliphatic heterocycles. The van der Waals surface area contributed by atoms with Crippen LogP contribution in [0.15, 0.2) is 24.3 Å². The normalized spacial score (nSPS) is 15.0. The van der Waals surface area contributed by atoms with Crippen LogP contribution in [0.4, 0.5) is 10.5 Å². The van der Waals surface area contributed by atoms with Crippen molar-refractivity contribution in [3.05, 3.63) is 29.3 Å². The van der Waals surface area contributed by atoms with E-state index in [1.54, 1.807) is 29.2 Å². The van der Waals surface area contributed by atoms with Crippen molar-refractivity contribution in [3.63, 3.8) is 0 Å². The summed E-state index contributed by atoms with van der Waals surface area (Å²) in [4.78, 5) is 38.4. The van der Waals surface area contributed by atoms with Gasteiger partial charge in [0.1, 0.15) is 6.54 Å². The standard InChI is InChI=1S/C15H18ClN3O3/c1-10(2)19(12-5-3-11(16)4-6-12)14(21)9-18-8-7-13(20)17-15(18)22/h3-6,10H,7-9H2,1-2H3,(H,17,20,22). The number of nitrogens with one attached hydrogen (secondary N) is 1. The molecule has 1 heterocycles. The molecule has 0 aliphatic carbocycles. The van der Waals surface area contributed by atoms with Crippen LogP contribution in [0, 0.1) is 0 Å². The Hall–Kier alpha value is -2.08. The number of carbonyl (C=O) groups excluding carboxylic acids is 3. The Kier molecular flexibility index (Phi) is 5.03. The van der Waals surface area contributed by atoms with Gasteiger partial charge in [0.05, 0.1) is 0 Å². The van der Waals surface area contributed by atoms with Crippen LogP contribution in [0.25, 0.3) is 0 Å². The van der Waals surface area contributed by atoms with Crippen molar-refractivity contribution in [1.29, 1.82) is 0 Å². The fourth-order valence-electron chi connectivity index (χ4n) is 2.32. The monoisotopic (exact) mass is 323 g/mol. The number of rotatable bonds is 4. The molecule has 4 amide bonds. The fourth-order valence-corrected chi connectivity index (χ4v) is 2.45. The molecule has 1 fully saturated rings. The summed E-state index contributed by atoms with van der Waals surface area (Å²) in [5.74, 6) is -0.520. The Balaban J connectivity index is 2.12. The van der Waals surface area contributed by atoms with Gasteiger partial charge in [0.2, 0.25) is 11.8 Å². The number of amides is 4. The van der Waals surface area contributed by atoms with Crippen molar-refractivity contribution >= 4 is 35.1 Å². The highest BCUT2D eigenvalue weighted by molar-refractivity contribution is 6.30. The maximum absolute atomic E-state index is 12.6. The van der Waals surface area contributed by atoms with Gasteiger partial charge in [0.25, 0.3) is 0 Å². The lowest BCUT2D eigenvalue weighted by molar-refractivity contribution is -0.124. The van der Waals surface area contributed by atoms with Gasteiger partial charge < -0.3 is 9.80 Å². The van der Waals surface area contributed by atoms with E-state index in [4.69, 9.17) is 11.6 Å². The molecule has 1 aliphatic rings. The average molecular weight is 324 g/mol. The summed E-state index contributed by atoms with van der Waals surface area (Å²) in [5, 5.41) is 2.80. The first-order valence-electron chi connectivity index (χ1n) is 7.05. The lowest BCUT2D eigenvalue weighted by Gasteiger charge is -2.31. The zero-order chi connectivity index (χ0) is 16.3. The number of imide groups is 1. The van der Waals surface area contributed by atoms with Gasteiger partial charge in [-0.15, -0.1) is 0 Å². The maximum Gasteiger partial charge on any atom is 0.324 e. The Morgan fingerprint density at radius 1 is 1.32 bits per heavy atom. The van der Waals surface area contributed by atoms with E-state index in [0.29, 0.717) is 5.02 Å². The number of carbonyl (C=O) groups is 3. The zero-order valence-electron chi connectivity index (χ0n) is 12.5. The summed E-state index contributed by atoms with van der Waals surface area (Å²) < 4.78 is 0. The highest BCUT2D eigenvalue weighted by Gasteiger charge is 2.28. The van der Waals surface area contributed by atoms with E-state index in [1.165, 1.54) is 4.90 Å². The molecule has 7 heteroatoms. The topological polar surface area (TPSA) is 69.7 Å². The predicted molar refractivity (Wildman–Crippen MR) is 83.8 cm³/mol. The quantitative estimate of drug-likeness (QED) is 0.921. The molecule has 0 unspecified atom stereocenters. The third-order valence-electron chi connectivity index (χ3n) is 3.36. The van der Waals surface area contributed by atoms with E-state index in [0.717, 1.165) is 5.69 Å². The molecule has 0 atom stereocenters. The predicted octanol–water partition coefficient (Wildman–Crippen LogP) is 2.02. The Bertz CT molecular complexity index is 586. The van der Waals surface area contributed by atoms with Crippen LogP contribution in [-0.4, -0.2) is 41.9 Å². The van der Waals surface area contributed by atoms with E-state index in [2.05, 4.69) is 5.32 Å². The molecule has 0 spiro atoms. The molecule has 6 nitrogen and oxygen atoms in total. The lowest BCUT2D eigenvalue weighted by Crippen LogP contribution is -2.53. The molecule has 1 saturated heterocycles. The van der Waals surface area contributed by atoms with Gasteiger partial charge in [-0.25, -0.2) is 4.79 Å². The Morgan fingerprint density at radius 2 is 1.95 bits per heavy atom. The second-order valence-corrected chi connectivity index (χ2v) is 5.80. The molecule has 1 aromatic carbocycles. The third kappa shape index (κ3) is 3.76. The van der Waals surface area contributed by atoms with Crippen LogP contribution in [0.5, 0.6) is 0 Å². The highest BCUT2D eigenvalue weighted by Crippen LogP contribution is 2.20. The van der Waals surface area contributed by atoms with Gasteiger partial charge in [-0.05, 0) is 38.1 Å². The number of urea groups is 1. The fraction of sp³-hybridized carbons (Fsp3) is 0.400. The summed E-state index contributed by atoms with van der Waals surface area (Å²) in [7, 11) is 0. The molecule has 2 rings (SSSR count). The van der Waals surface area contributed by atoms with Gasteiger partial charge in [0, 0.05) is 29.7 Å². The van der Waals surface area contributed by atoms with Crippen molar-refractivity contribution in [2.45, 2.75) is 26.3 Å². The molecular formula is C15H18ClN3O3. The molecular weight excluding hydrogens is 306 g/mol. The van der Waals surface area contributed by atoms with Crippen molar-refractivity contribution in [1.82, 2.24) is 10.2 Å². The molecule has 22 heavy (non-hydrogen) atoms. The van der Waals surface area contributed by atoms with Gasteiger partial charge >= 0.3 is 6.03 Å². The maximum atomic E-state index is 12.6. The number of halogens is 1. The number of hydrogen-bond acceptors (Lipinski definition) is 3.